The molecule has 1 heterocycles. The van der Waals surface area contributed by atoms with Crippen LogP contribution in [0.25, 0.3) is 0 Å². The quantitative estimate of drug-likeness (QED) is 0.463. The summed E-state index contributed by atoms with van der Waals surface area (Å²) >= 11 is 3.08. The number of nitrogens with zero attached hydrogens (tertiary/aromatic N) is 3. The molecular weight excluding hydrogens is 258 g/mol. The van der Waals surface area contributed by atoms with Gasteiger partial charge in [0, 0.05) is 25.4 Å². The molecule has 0 radical (unpaired) electrons. The number of hydrogen-bond donors (Lipinski definition) is 0. The van der Waals surface area contributed by atoms with Gasteiger partial charge >= 0.3 is 5.97 Å². The molecule has 0 aromatic carbocycles. The van der Waals surface area contributed by atoms with E-state index in [0.29, 0.717) is 11.3 Å². The fourth-order valence-corrected chi connectivity index (χ4v) is 2.66. The molecular formula is C10H15N3O2S2. The fraction of sp³-hybridized carbons (Fsp3) is 0.500. The monoisotopic (exact) mass is 273 g/mol. The third kappa shape index (κ3) is 4.35. The Morgan fingerprint density at radius 3 is 2.76 bits per heavy atom. The summed E-state index contributed by atoms with van der Waals surface area (Å²) in [6.45, 7) is 1.73. The molecule has 0 N–H and O–H groups in total. The summed E-state index contributed by atoms with van der Waals surface area (Å²) in [6, 6.07) is 0. The maximum Gasteiger partial charge on any atom is 0.333 e. The molecule has 0 spiro atoms. The van der Waals surface area contributed by atoms with Crippen molar-refractivity contribution in [2.75, 3.05) is 31.9 Å². The van der Waals surface area contributed by atoms with Crippen molar-refractivity contribution in [2.45, 2.75) is 11.3 Å². The summed E-state index contributed by atoms with van der Waals surface area (Å²) in [4.78, 5) is 13.0. The second-order valence-corrected chi connectivity index (χ2v) is 5.66. The summed E-state index contributed by atoms with van der Waals surface area (Å²) in [5.41, 5.74) is 0.609. The number of thioether (sulfide) groups is 1. The minimum atomic E-state index is -0.295. The lowest BCUT2D eigenvalue weighted by Gasteiger charge is -2.03. The Balaban J connectivity index is 2.48. The molecule has 0 fully saturated rings. The Labute approximate surface area is 109 Å². The minimum Gasteiger partial charge on any atom is -0.466 e. The lowest BCUT2D eigenvalue weighted by Crippen LogP contribution is -2.07. The van der Waals surface area contributed by atoms with Crippen LogP contribution in [0.5, 0.6) is 0 Å². The Bertz CT molecular complexity index is 415. The van der Waals surface area contributed by atoms with Gasteiger partial charge < -0.3 is 9.64 Å². The highest BCUT2D eigenvalue weighted by molar-refractivity contribution is 8.01. The zero-order valence-corrected chi connectivity index (χ0v) is 11.9. The van der Waals surface area contributed by atoms with Crippen LogP contribution in [0.4, 0.5) is 5.13 Å². The maximum atomic E-state index is 11.1. The molecule has 0 saturated carbocycles. The highest BCUT2D eigenvalue weighted by Gasteiger charge is 2.06. The van der Waals surface area contributed by atoms with Gasteiger partial charge in [0.25, 0.3) is 0 Å². The lowest BCUT2D eigenvalue weighted by molar-refractivity contribution is -0.136. The van der Waals surface area contributed by atoms with Gasteiger partial charge in [-0.15, -0.1) is 10.2 Å². The molecule has 0 bridgehead atoms. The Kier molecular flexibility index (Phi) is 5.43. The SMILES string of the molecule is COC(=O)/C(C)=C\CSc1nnc(N(C)C)s1. The van der Waals surface area contributed by atoms with E-state index in [9.17, 15) is 4.79 Å². The van der Waals surface area contributed by atoms with Crippen LogP contribution in [-0.4, -0.2) is 43.1 Å². The highest BCUT2D eigenvalue weighted by Crippen LogP contribution is 2.26. The predicted molar refractivity (Wildman–Crippen MR) is 70.7 cm³/mol. The van der Waals surface area contributed by atoms with Crippen molar-refractivity contribution >= 4 is 34.2 Å². The highest BCUT2D eigenvalue weighted by atomic mass is 32.2. The van der Waals surface area contributed by atoms with Gasteiger partial charge in [-0.1, -0.05) is 29.2 Å². The van der Waals surface area contributed by atoms with Gasteiger partial charge in [0.1, 0.15) is 0 Å². The molecule has 0 unspecified atom stereocenters. The predicted octanol–water partition coefficient (Wildman–Crippen LogP) is 1.82. The fourth-order valence-electron chi connectivity index (χ4n) is 0.924. The van der Waals surface area contributed by atoms with E-state index in [-0.39, 0.29) is 5.97 Å². The zero-order valence-electron chi connectivity index (χ0n) is 10.3. The third-order valence-electron chi connectivity index (χ3n) is 1.88. The number of aromatic nitrogens is 2. The molecule has 17 heavy (non-hydrogen) atoms. The van der Waals surface area contributed by atoms with Crippen LogP contribution in [0.1, 0.15) is 6.92 Å². The van der Waals surface area contributed by atoms with Gasteiger partial charge in [0.15, 0.2) is 4.34 Å². The van der Waals surface area contributed by atoms with Crippen LogP contribution < -0.4 is 4.90 Å². The second-order valence-electron chi connectivity index (χ2n) is 3.43. The molecule has 1 aromatic heterocycles. The van der Waals surface area contributed by atoms with E-state index in [1.165, 1.54) is 18.4 Å². The molecule has 94 valence electrons. The lowest BCUT2D eigenvalue weighted by atomic mass is 10.3. The minimum absolute atomic E-state index is 0.295. The Morgan fingerprint density at radius 2 is 2.24 bits per heavy atom. The van der Waals surface area contributed by atoms with Crippen LogP contribution in [0, 0.1) is 0 Å². The van der Waals surface area contributed by atoms with E-state index in [1.807, 2.05) is 25.1 Å². The molecule has 5 nitrogen and oxygen atoms in total. The Hall–Kier alpha value is -1.08. The van der Waals surface area contributed by atoms with Crippen molar-refractivity contribution in [1.82, 2.24) is 10.2 Å². The smallest absolute Gasteiger partial charge is 0.333 e. The summed E-state index contributed by atoms with van der Waals surface area (Å²) in [7, 11) is 5.23. The molecule has 0 amide bonds. The van der Waals surface area contributed by atoms with Crippen LogP contribution >= 0.6 is 23.1 Å². The van der Waals surface area contributed by atoms with Crippen molar-refractivity contribution < 1.29 is 9.53 Å². The first-order valence-electron chi connectivity index (χ1n) is 4.93. The van der Waals surface area contributed by atoms with Gasteiger partial charge in [0.05, 0.1) is 7.11 Å². The molecule has 0 aliphatic heterocycles. The number of anilines is 1. The van der Waals surface area contributed by atoms with E-state index < -0.39 is 0 Å². The summed E-state index contributed by atoms with van der Waals surface area (Å²) in [5, 5.41) is 8.95. The van der Waals surface area contributed by atoms with Crippen LogP contribution in [-0.2, 0) is 9.53 Å². The topological polar surface area (TPSA) is 55.3 Å². The van der Waals surface area contributed by atoms with Crippen LogP contribution in [0.3, 0.4) is 0 Å². The average molecular weight is 273 g/mol. The Morgan fingerprint density at radius 1 is 1.53 bits per heavy atom. The van der Waals surface area contributed by atoms with Crippen molar-refractivity contribution in [3.05, 3.63) is 11.6 Å². The first-order chi connectivity index (χ1) is 8.04. The van der Waals surface area contributed by atoms with Gasteiger partial charge in [0.2, 0.25) is 5.13 Å². The molecule has 0 saturated heterocycles. The number of rotatable bonds is 5. The van der Waals surface area contributed by atoms with Crippen molar-refractivity contribution in [3.8, 4) is 0 Å². The van der Waals surface area contributed by atoms with Gasteiger partial charge in [-0.05, 0) is 6.92 Å². The standard InChI is InChI=1S/C10H15N3O2S2/c1-7(8(14)15-4)5-6-16-10-12-11-9(17-10)13(2)3/h5H,6H2,1-4H3/b7-5-. The maximum absolute atomic E-state index is 11.1. The molecule has 1 aromatic rings. The van der Waals surface area contributed by atoms with E-state index in [2.05, 4.69) is 14.9 Å². The van der Waals surface area contributed by atoms with Crippen LogP contribution in [0.15, 0.2) is 16.0 Å². The first-order valence-corrected chi connectivity index (χ1v) is 6.73. The molecule has 0 aliphatic carbocycles. The van der Waals surface area contributed by atoms with E-state index in [4.69, 9.17) is 0 Å². The number of hydrogen-bond acceptors (Lipinski definition) is 7. The van der Waals surface area contributed by atoms with E-state index >= 15 is 0 Å². The first kappa shape index (κ1) is 14.0. The summed E-state index contributed by atoms with van der Waals surface area (Å²) in [5.74, 6) is 0.389. The largest absolute Gasteiger partial charge is 0.466 e. The zero-order chi connectivity index (χ0) is 12.8. The number of ether oxygens (including phenoxy) is 1. The number of carbonyl (C=O) groups is 1. The average Bonchev–Trinajstić information content (AvgIpc) is 2.76. The van der Waals surface area contributed by atoms with Crippen LogP contribution in [0.2, 0.25) is 0 Å². The summed E-state index contributed by atoms with van der Waals surface area (Å²) < 4.78 is 5.49. The number of methoxy groups -OCH3 is 1. The van der Waals surface area contributed by atoms with Gasteiger partial charge in [-0.2, -0.15) is 0 Å². The molecule has 0 atom stereocenters. The van der Waals surface area contributed by atoms with Gasteiger partial charge in [-0.3, -0.25) is 0 Å². The van der Waals surface area contributed by atoms with E-state index in [1.54, 1.807) is 18.7 Å². The normalized spacial score (nSPS) is 11.4. The van der Waals surface area contributed by atoms with E-state index in [0.717, 1.165) is 9.47 Å². The second kappa shape index (κ2) is 6.61. The summed E-state index contributed by atoms with van der Waals surface area (Å²) in [6.07, 6.45) is 1.83. The molecule has 7 heteroatoms. The van der Waals surface area contributed by atoms with Crippen molar-refractivity contribution in [3.63, 3.8) is 0 Å². The van der Waals surface area contributed by atoms with Crippen molar-refractivity contribution in [1.29, 1.82) is 0 Å². The number of carbonyl (C=O) groups excluding carboxylic acids is 1. The number of esters is 1. The molecule has 1 rings (SSSR count). The molecule has 0 aliphatic rings. The van der Waals surface area contributed by atoms with Crippen molar-refractivity contribution in [2.24, 2.45) is 0 Å². The van der Waals surface area contributed by atoms with Gasteiger partial charge in [-0.25, -0.2) is 4.79 Å². The third-order valence-corrected chi connectivity index (χ3v) is 4.03.